The van der Waals surface area contributed by atoms with Gasteiger partial charge in [-0.3, -0.25) is 0 Å². The predicted octanol–water partition coefficient (Wildman–Crippen LogP) is 17.5. The molecule has 2 nitrogen and oxygen atoms in total. The molecule has 0 heterocycles. The van der Waals surface area contributed by atoms with Gasteiger partial charge < -0.3 is 9.80 Å². The van der Waals surface area contributed by atoms with E-state index in [2.05, 4.69) is 232 Å². The van der Waals surface area contributed by atoms with E-state index in [-0.39, 0.29) is 0 Å². The van der Waals surface area contributed by atoms with Gasteiger partial charge in [0.15, 0.2) is 0 Å². The van der Waals surface area contributed by atoms with E-state index >= 15 is 0 Å². The third kappa shape index (κ3) is 6.08. The van der Waals surface area contributed by atoms with E-state index in [9.17, 15) is 0 Å². The van der Waals surface area contributed by atoms with Crippen LogP contribution in [0.4, 0.5) is 34.1 Å². The molecule has 2 aliphatic rings. The van der Waals surface area contributed by atoms with Crippen LogP contribution in [0.2, 0.25) is 0 Å². The van der Waals surface area contributed by atoms with Gasteiger partial charge >= 0.3 is 0 Å². The van der Waals surface area contributed by atoms with Gasteiger partial charge in [0.2, 0.25) is 0 Å². The van der Waals surface area contributed by atoms with E-state index in [0.717, 1.165) is 24.2 Å². The number of benzene rings is 10. The number of hydrogen-bond donors (Lipinski definition) is 0. The van der Waals surface area contributed by atoms with Crippen molar-refractivity contribution >= 4 is 66.4 Å². The molecule has 2 heteroatoms. The highest BCUT2D eigenvalue weighted by atomic mass is 15.2. The van der Waals surface area contributed by atoms with Gasteiger partial charge in [-0.25, -0.2) is 0 Å². The first-order valence-corrected chi connectivity index (χ1v) is 23.0. The predicted molar refractivity (Wildman–Crippen MR) is 273 cm³/mol. The summed E-state index contributed by atoms with van der Waals surface area (Å²) in [5, 5.41) is 7.41. The van der Waals surface area contributed by atoms with Crippen molar-refractivity contribution in [1.29, 1.82) is 0 Å². The van der Waals surface area contributed by atoms with E-state index in [1.54, 1.807) is 0 Å². The van der Waals surface area contributed by atoms with Crippen LogP contribution in [0.1, 0.15) is 72.9 Å². The van der Waals surface area contributed by atoms with Gasteiger partial charge in [0.1, 0.15) is 0 Å². The van der Waals surface area contributed by atoms with Crippen LogP contribution in [0.15, 0.2) is 194 Å². The molecule has 0 fully saturated rings. The SMILES string of the molecule is CC(C)c1ccc(N(c2cccc3c2Cc2ccccc2-3)c2cc3c4ccccc4c(N(c4ccc(C(C)C)cc4)c4cccc5c4Cc4ccccc4-5)cc3c3ccccc23)cc1. The lowest BCUT2D eigenvalue weighted by molar-refractivity contribution is 0.866. The minimum Gasteiger partial charge on any atom is -0.310 e. The highest BCUT2D eigenvalue weighted by Gasteiger charge is 2.29. The highest BCUT2D eigenvalue weighted by molar-refractivity contribution is 6.24. The number of rotatable bonds is 8. The normalized spacial score (nSPS) is 12.5. The van der Waals surface area contributed by atoms with Crippen molar-refractivity contribution < 1.29 is 0 Å². The van der Waals surface area contributed by atoms with Crippen LogP contribution in [0.3, 0.4) is 0 Å². The zero-order valence-corrected chi connectivity index (χ0v) is 36.9. The molecule has 0 bridgehead atoms. The van der Waals surface area contributed by atoms with Crippen LogP contribution in [0.25, 0.3) is 54.6 Å². The van der Waals surface area contributed by atoms with Crippen molar-refractivity contribution in [2.75, 3.05) is 9.80 Å². The van der Waals surface area contributed by atoms with E-state index in [4.69, 9.17) is 0 Å². The van der Waals surface area contributed by atoms with Crippen molar-refractivity contribution in [3.8, 4) is 22.3 Å². The highest BCUT2D eigenvalue weighted by Crippen LogP contribution is 2.52. The number of hydrogen-bond acceptors (Lipinski definition) is 2. The standard InChI is InChI=1S/C62H50N2/c1-39(2)41-27-31-45(32-28-41)63(59-25-13-23-49-47-17-7-5-15-43(47)35-57(49)59)61-37-55-52-20-10-12-22-54(52)62(38-56(55)51-19-9-11-21-53(51)61)64(46-33-29-42(30-34-46)40(3)4)60-26-14-24-50-48-18-8-6-16-44(48)36-58(50)60/h5-34,37-40H,35-36H2,1-4H3. The molecule has 64 heavy (non-hydrogen) atoms. The number of nitrogens with zero attached hydrogens (tertiary/aromatic N) is 2. The van der Waals surface area contributed by atoms with E-state index in [0.29, 0.717) is 11.8 Å². The topological polar surface area (TPSA) is 6.48 Å². The minimum absolute atomic E-state index is 0.444. The van der Waals surface area contributed by atoms with Gasteiger partial charge in [0, 0.05) is 35.0 Å². The summed E-state index contributed by atoms with van der Waals surface area (Å²) >= 11 is 0. The molecule has 0 N–H and O–H groups in total. The first-order chi connectivity index (χ1) is 31.4. The van der Waals surface area contributed by atoms with Gasteiger partial charge in [0.25, 0.3) is 0 Å². The molecule has 0 unspecified atom stereocenters. The second-order valence-corrected chi connectivity index (χ2v) is 18.4. The van der Waals surface area contributed by atoms with Crippen LogP contribution in [-0.2, 0) is 12.8 Å². The van der Waals surface area contributed by atoms with Crippen molar-refractivity contribution in [3.05, 3.63) is 228 Å². The molecule has 0 spiro atoms. The fraction of sp³-hybridized carbons (Fsp3) is 0.129. The molecule has 0 saturated carbocycles. The first-order valence-electron chi connectivity index (χ1n) is 23.0. The molecule has 12 rings (SSSR count). The second kappa shape index (κ2) is 15.1. The molecule has 0 aliphatic heterocycles. The molecular formula is C62H50N2. The van der Waals surface area contributed by atoms with E-state index in [1.807, 2.05) is 0 Å². The smallest absolute Gasteiger partial charge is 0.0546 e. The van der Waals surface area contributed by atoms with Gasteiger partial charge in [0.05, 0.1) is 22.7 Å². The van der Waals surface area contributed by atoms with Gasteiger partial charge in [-0.2, -0.15) is 0 Å². The van der Waals surface area contributed by atoms with Crippen LogP contribution in [-0.4, -0.2) is 0 Å². The zero-order chi connectivity index (χ0) is 43.1. The summed E-state index contributed by atoms with van der Waals surface area (Å²) in [7, 11) is 0. The lowest BCUT2D eigenvalue weighted by atomic mass is 9.92. The maximum absolute atomic E-state index is 2.55. The number of anilines is 6. The molecule has 308 valence electrons. The lowest BCUT2D eigenvalue weighted by Gasteiger charge is -2.31. The van der Waals surface area contributed by atoms with E-state index < -0.39 is 0 Å². The van der Waals surface area contributed by atoms with Crippen molar-refractivity contribution in [2.24, 2.45) is 0 Å². The van der Waals surface area contributed by atoms with Crippen LogP contribution < -0.4 is 9.80 Å². The fourth-order valence-corrected chi connectivity index (χ4v) is 10.8. The molecular weight excluding hydrogens is 773 g/mol. The Labute approximate surface area is 376 Å². The molecule has 2 aliphatic carbocycles. The van der Waals surface area contributed by atoms with Crippen LogP contribution >= 0.6 is 0 Å². The van der Waals surface area contributed by atoms with Gasteiger partial charge in [-0.1, -0.05) is 173 Å². The molecule has 10 aromatic carbocycles. The summed E-state index contributed by atoms with van der Waals surface area (Å²) in [5.41, 5.74) is 20.7. The largest absolute Gasteiger partial charge is 0.310 e. The lowest BCUT2D eigenvalue weighted by Crippen LogP contribution is -2.14. The molecule has 0 aromatic heterocycles. The Morgan fingerprint density at radius 1 is 0.312 bits per heavy atom. The van der Waals surface area contributed by atoms with Gasteiger partial charge in [-0.15, -0.1) is 0 Å². The van der Waals surface area contributed by atoms with Crippen molar-refractivity contribution in [3.63, 3.8) is 0 Å². The molecule has 0 saturated heterocycles. The van der Waals surface area contributed by atoms with Crippen LogP contribution in [0.5, 0.6) is 0 Å². The average Bonchev–Trinajstić information content (AvgIpc) is 3.92. The summed E-state index contributed by atoms with van der Waals surface area (Å²) in [6.07, 6.45) is 1.81. The summed E-state index contributed by atoms with van der Waals surface area (Å²) in [6, 6.07) is 73.3. The van der Waals surface area contributed by atoms with Crippen LogP contribution in [0, 0.1) is 0 Å². The third-order valence-electron chi connectivity index (χ3n) is 14.1. The summed E-state index contributed by atoms with van der Waals surface area (Å²) in [5.74, 6) is 0.889. The average molecular weight is 823 g/mol. The Hall–Kier alpha value is -7.42. The Morgan fingerprint density at radius 3 is 1.08 bits per heavy atom. The van der Waals surface area contributed by atoms with Crippen molar-refractivity contribution in [2.45, 2.75) is 52.4 Å². The Kier molecular flexibility index (Phi) is 9.05. The molecule has 10 aromatic rings. The number of fused-ring (bicyclic) bond motifs is 11. The summed E-state index contributed by atoms with van der Waals surface area (Å²) in [4.78, 5) is 5.10. The maximum Gasteiger partial charge on any atom is 0.0546 e. The van der Waals surface area contributed by atoms with Crippen molar-refractivity contribution in [1.82, 2.24) is 0 Å². The molecule has 0 atom stereocenters. The molecule has 0 amide bonds. The Balaban J connectivity index is 1.13. The Bertz CT molecular complexity index is 3220. The van der Waals surface area contributed by atoms with Gasteiger partial charge in [-0.05, 0) is 138 Å². The quantitative estimate of drug-likeness (QED) is 0.141. The Morgan fingerprint density at radius 2 is 0.672 bits per heavy atom. The minimum atomic E-state index is 0.444. The monoisotopic (exact) mass is 822 g/mol. The summed E-state index contributed by atoms with van der Waals surface area (Å²) < 4.78 is 0. The third-order valence-corrected chi connectivity index (χ3v) is 14.1. The van der Waals surface area contributed by atoms with E-state index in [1.165, 1.54) is 111 Å². The zero-order valence-electron chi connectivity index (χ0n) is 36.9. The second-order valence-electron chi connectivity index (χ2n) is 18.4. The molecule has 0 radical (unpaired) electrons. The maximum atomic E-state index is 2.55. The fourth-order valence-electron chi connectivity index (χ4n) is 10.8. The summed E-state index contributed by atoms with van der Waals surface area (Å²) in [6.45, 7) is 9.10. The first kappa shape index (κ1) is 38.3.